The molecule has 0 aromatic heterocycles. The van der Waals surface area contributed by atoms with Crippen molar-refractivity contribution < 1.29 is 9.59 Å². The molecule has 1 atom stereocenters. The van der Waals surface area contributed by atoms with E-state index >= 15 is 0 Å². The lowest BCUT2D eigenvalue weighted by atomic mass is 10.1. The third kappa shape index (κ3) is 7.69. The van der Waals surface area contributed by atoms with Gasteiger partial charge in [0.1, 0.15) is 6.04 Å². The smallest absolute Gasteiger partial charge is 0.242 e. The molecule has 0 saturated carbocycles. The van der Waals surface area contributed by atoms with Crippen molar-refractivity contribution in [3.05, 3.63) is 70.7 Å². The molecule has 0 spiro atoms. The van der Waals surface area contributed by atoms with Crippen molar-refractivity contribution in [1.29, 1.82) is 0 Å². The third-order valence-electron chi connectivity index (χ3n) is 4.85. The Hall–Kier alpha value is -1.98. The molecule has 0 aliphatic carbocycles. The number of thioether (sulfide) groups is 1. The fourth-order valence-electron chi connectivity index (χ4n) is 3.15. The summed E-state index contributed by atoms with van der Waals surface area (Å²) in [7, 11) is 0. The molecular formula is C24H31ClN2O2S. The molecule has 0 heterocycles. The van der Waals surface area contributed by atoms with Gasteiger partial charge in [-0.2, -0.15) is 0 Å². The van der Waals surface area contributed by atoms with Crippen LogP contribution in [-0.4, -0.2) is 35.1 Å². The van der Waals surface area contributed by atoms with Gasteiger partial charge in [-0.15, -0.1) is 11.8 Å². The van der Waals surface area contributed by atoms with Gasteiger partial charge in [0.05, 0.1) is 5.75 Å². The second-order valence-electron chi connectivity index (χ2n) is 7.16. The van der Waals surface area contributed by atoms with Gasteiger partial charge in [0, 0.05) is 23.9 Å². The van der Waals surface area contributed by atoms with Crippen LogP contribution in [0.15, 0.2) is 54.6 Å². The monoisotopic (exact) mass is 446 g/mol. The van der Waals surface area contributed by atoms with Gasteiger partial charge >= 0.3 is 0 Å². The molecule has 2 aromatic carbocycles. The Morgan fingerprint density at radius 1 is 1.07 bits per heavy atom. The van der Waals surface area contributed by atoms with Gasteiger partial charge in [0.2, 0.25) is 11.8 Å². The Morgan fingerprint density at radius 3 is 2.43 bits per heavy atom. The number of amides is 2. The van der Waals surface area contributed by atoms with Crippen molar-refractivity contribution >= 4 is 35.2 Å². The fourth-order valence-corrected chi connectivity index (χ4v) is 4.35. The first-order valence-corrected chi connectivity index (χ1v) is 12.0. The molecule has 0 aliphatic heterocycles. The number of hydrogen-bond donors (Lipinski definition) is 1. The van der Waals surface area contributed by atoms with Gasteiger partial charge < -0.3 is 10.2 Å². The number of carbonyl (C=O) groups excluding carboxylic acids is 2. The molecule has 0 bridgehead atoms. The molecule has 1 N–H and O–H groups in total. The van der Waals surface area contributed by atoms with Gasteiger partial charge in [-0.25, -0.2) is 0 Å². The van der Waals surface area contributed by atoms with E-state index in [1.807, 2.05) is 61.5 Å². The van der Waals surface area contributed by atoms with Crippen molar-refractivity contribution in [3.63, 3.8) is 0 Å². The van der Waals surface area contributed by atoms with Crippen LogP contribution >= 0.6 is 23.4 Å². The summed E-state index contributed by atoms with van der Waals surface area (Å²) in [6, 6.07) is 17.0. The summed E-state index contributed by atoms with van der Waals surface area (Å²) in [5, 5.41) is 3.70. The molecule has 30 heavy (non-hydrogen) atoms. The zero-order valence-corrected chi connectivity index (χ0v) is 19.3. The minimum Gasteiger partial charge on any atom is -0.354 e. The van der Waals surface area contributed by atoms with E-state index in [0.29, 0.717) is 36.0 Å². The maximum atomic E-state index is 13.1. The Kier molecular flexibility index (Phi) is 10.8. The highest BCUT2D eigenvalue weighted by atomic mass is 35.5. The van der Waals surface area contributed by atoms with Crippen molar-refractivity contribution in [2.24, 2.45) is 0 Å². The molecule has 4 nitrogen and oxygen atoms in total. The molecule has 0 unspecified atom stereocenters. The fraction of sp³-hybridized carbons (Fsp3) is 0.417. The molecular weight excluding hydrogens is 416 g/mol. The number of nitrogens with one attached hydrogen (secondary N) is 1. The highest BCUT2D eigenvalue weighted by Crippen LogP contribution is 2.22. The van der Waals surface area contributed by atoms with Crippen molar-refractivity contribution in [2.75, 3.05) is 12.3 Å². The van der Waals surface area contributed by atoms with Crippen LogP contribution < -0.4 is 5.32 Å². The topological polar surface area (TPSA) is 49.4 Å². The molecule has 0 fully saturated rings. The number of nitrogens with zero attached hydrogens (tertiary/aromatic N) is 1. The van der Waals surface area contributed by atoms with Crippen molar-refractivity contribution in [3.8, 4) is 0 Å². The van der Waals surface area contributed by atoms with Crippen LogP contribution in [0.3, 0.4) is 0 Å². The first kappa shape index (κ1) is 24.3. The summed E-state index contributed by atoms with van der Waals surface area (Å²) in [6.07, 6.45) is 2.52. The van der Waals surface area contributed by atoms with Crippen LogP contribution in [0.4, 0.5) is 0 Å². The van der Waals surface area contributed by atoms with E-state index in [9.17, 15) is 9.59 Å². The van der Waals surface area contributed by atoms with Crippen LogP contribution in [0.1, 0.15) is 44.2 Å². The molecule has 2 rings (SSSR count). The summed E-state index contributed by atoms with van der Waals surface area (Å²) < 4.78 is 0. The lowest BCUT2D eigenvalue weighted by molar-refractivity contribution is -0.139. The minimum absolute atomic E-state index is 0.0339. The predicted octanol–water partition coefficient (Wildman–Crippen LogP) is 5.30. The number of benzene rings is 2. The van der Waals surface area contributed by atoms with Gasteiger partial charge in [-0.3, -0.25) is 9.59 Å². The van der Waals surface area contributed by atoms with Crippen LogP contribution in [0, 0.1) is 0 Å². The normalized spacial score (nSPS) is 11.7. The molecule has 2 amide bonds. The first-order valence-electron chi connectivity index (χ1n) is 10.5. The van der Waals surface area contributed by atoms with Crippen LogP contribution in [0.2, 0.25) is 5.02 Å². The van der Waals surface area contributed by atoms with E-state index in [2.05, 4.69) is 12.2 Å². The molecule has 0 radical (unpaired) electrons. The molecule has 2 aromatic rings. The van der Waals surface area contributed by atoms with Crippen molar-refractivity contribution in [2.45, 2.75) is 51.4 Å². The van der Waals surface area contributed by atoms with E-state index < -0.39 is 6.04 Å². The third-order valence-corrected chi connectivity index (χ3v) is 6.19. The zero-order valence-electron chi connectivity index (χ0n) is 17.8. The summed E-state index contributed by atoms with van der Waals surface area (Å²) in [6.45, 7) is 5.10. The Balaban J connectivity index is 2.07. The highest BCUT2D eigenvalue weighted by molar-refractivity contribution is 7.99. The van der Waals surface area contributed by atoms with Crippen LogP contribution in [0.25, 0.3) is 0 Å². The maximum absolute atomic E-state index is 13.1. The second kappa shape index (κ2) is 13.3. The van der Waals surface area contributed by atoms with Gasteiger partial charge in [-0.05, 0) is 30.0 Å². The largest absolute Gasteiger partial charge is 0.354 e. The number of rotatable bonds is 12. The highest BCUT2D eigenvalue weighted by Gasteiger charge is 2.28. The van der Waals surface area contributed by atoms with Crippen LogP contribution in [0.5, 0.6) is 0 Å². The van der Waals surface area contributed by atoms with Gasteiger partial charge in [-0.1, -0.05) is 80.4 Å². The quantitative estimate of drug-likeness (QED) is 0.450. The lowest BCUT2D eigenvalue weighted by Crippen LogP contribution is -2.49. The molecule has 0 aliphatic rings. The average Bonchev–Trinajstić information content (AvgIpc) is 2.75. The molecule has 162 valence electrons. The van der Waals surface area contributed by atoms with Gasteiger partial charge in [0.25, 0.3) is 0 Å². The Labute approximate surface area is 189 Å². The molecule has 0 saturated heterocycles. The van der Waals surface area contributed by atoms with Crippen molar-refractivity contribution in [1.82, 2.24) is 10.2 Å². The Bertz CT molecular complexity index is 801. The lowest BCUT2D eigenvalue weighted by Gasteiger charge is -2.30. The van der Waals surface area contributed by atoms with E-state index in [1.165, 1.54) is 11.8 Å². The summed E-state index contributed by atoms with van der Waals surface area (Å²) in [4.78, 5) is 27.7. The number of halogens is 1. The maximum Gasteiger partial charge on any atom is 0.242 e. The van der Waals surface area contributed by atoms with E-state index in [0.717, 1.165) is 24.0 Å². The standard InChI is InChI=1S/C24H31ClN2O2S/c1-3-5-15-26-24(29)22(4-2)27(16-19-11-7-6-8-12-19)23(28)18-30-17-20-13-9-10-14-21(20)25/h6-14,22H,3-5,15-18H2,1-2H3,(H,26,29)/t22-/m0/s1. The predicted molar refractivity (Wildman–Crippen MR) is 127 cm³/mol. The SMILES string of the molecule is CCCCNC(=O)[C@H](CC)N(Cc1ccccc1)C(=O)CSCc1ccccc1Cl. The number of unbranched alkanes of at least 4 members (excludes halogenated alkanes) is 1. The first-order chi connectivity index (χ1) is 14.6. The summed E-state index contributed by atoms with van der Waals surface area (Å²) in [5.74, 6) is 0.848. The van der Waals surface area contributed by atoms with E-state index in [-0.39, 0.29) is 11.8 Å². The minimum atomic E-state index is -0.476. The second-order valence-corrected chi connectivity index (χ2v) is 8.55. The zero-order chi connectivity index (χ0) is 21.8. The average molecular weight is 447 g/mol. The number of carbonyl (C=O) groups is 2. The Morgan fingerprint density at radius 2 is 1.77 bits per heavy atom. The summed E-state index contributed by atoms with van der Waals surface area (Å²) >= 11 is 7.74. The number of hydrogen-bond acceptors (Lipinski definition) is 3. The van der Waals surface area contributed by atoms with E-state index in [4.69, 9.17) is 11.6 Å². The van der Waals surface area contributed by atoms with Crippen LogP contribution in [-0.2, 0) is 21.9 Å². The van der Waals surface area contributed by atoms with Gasteiger partial charge in [0.15, 0.2) is 0 Å². The summed E-state index contributed by atoms with van der Waals surface area (Å²) in [5.41, 5.74) is 2.03. The molecule has 6 heteroatoms. The van der Waals surface area contributed by atoms with E-state index in [1.54, 1.807) is 4.90 Å².